The molecule has 0 aliphatic heterocycles. The van der Waals surface area contributed by atoms with Gasteiger partial charge in [-0.1, -0.05) is 19.9 Å². The molecule has 1 rings (SSSR count). The van der Waals surface area contributed by atoms with Gasteiger partial charge in [0.25, 0.3) is 5.56 Å². The molecule has 0 saturated heterocycles. The molecule has 0 aromatic carbocycles. The third kappa shape index (κ3) is 6.55. The fourth-order valence-electron chi connectivity index (χ4n) is 2.27. The lowest BCUT2D eigenvalue weighted by Gasteiger charge is -2.24. The summed E-state index contributed by atoms with van der Waals surface area (Å²) in [6.45, 7) is 7.07. The molecule has 1 heterocycles. The molecule has 1 N–H and O–H groups in total. The monoisotopic (exact) mass is 265 g/mol. The van der Waals surface area contributed by atoms with Crippen molar-refractivity contribution in [1.82, 2.24) is 14.8 Å². The molecule has 1 aromatic heterocycles. The van der Waals surface area contributed by atoms with Crippen LogP contribution in [0.1, 0.15) is 20.3 Å². The Morgan fingerprint density at radius 2 is 2.05 bits per heavy atom. The predicted octanol–water partition coefficient (Wildman–Crippen LogP) is 1.41. The maximum absolute atomic E-state index is 11.6. The minimum Gasteiger partial charge on any atom is -0.314 e. The van der Waals surface area contributed by atoms with E-state index in [4.69, 9.17) is 0 Å². The summed E-state index contributed by atoms with van der Waals surface area (Å²) in [6, 6.07) is 5.76. The van der Waals surface area contributed by atoms with Crippen LogP contribution in [0.4, 0.5) is 0 Å². The van der Waals surface area contributed by atoms with E-state index in [0.29, 0.717) is 12.0 Å². The van der Waals surface area contributed by atoms with Gasteiger partial charge >= 0.3 is 0 Å². The molecule has 0 aliphatic carbocycles. The van der Waals surface area contributed by atoms with Gasteiger partial charge in [-0.15, -0.1) is 0 Å². The third-order valence-electron chi connectivity index (χ3n) is 3.03. The first-order valence-corrected chi connectivity index (χ1v) is 7.02. The first-order valence-electron chi connectivity index (χ1n) is 7.02. The number of nitrogens with zero attached hydrogens (tertiary/aromatic N) is 2. The zero-order chi connectivity index (χ0) is 14.3. The molecule has 4 nitrogen and oxygen atoms in total. The molecule has 4 heteroatoms. The third-order valence-corrected chi connectivity index (χ3v) is 3.03. The predicted molar refractivity (Wildman–Crippen MR) is 80.5 cm³/mol. The highest BCUT2D eigenvalue weighted by atomic mass is 16.1. The van der Waals surface area contributed by atoms with Crippen LogP contribution < -0.4 is 10.9 Å². The van der Waals surface area contributed by atoms with E-state index in [2.05, 4.69) is 38.2 Å². The SMILES string of the molecule is CC(C)CC(CN(C)C)NCCn1ccccc1=O. The van der Waals surface area contributed by atoms with Gasteiger partial charge in [0.2, 0.25) is 0 Å². The van der Waals surface area contributed by atoms with Gasteiger partial charge in [-0.25, -0.2) is 0 Å². The average Bonchev–Trinajstić information content (AvgIpc) is 2.30. The van der Waals surface area contributed by atoms with E-state index in [1.165, 1.54) is 0 Å². The van der Waals surface area contributed by atoms with Crippen molar-refractivity contribution in [3.8, 4) is 0 Å². The lowest BCUT2D eigenvalue weighted by molar-refractivity contribution is 0.303. The Hall–Kier alpha value is -1.13. The van der Waals surface area contributed by atoms with Crippen molar-refractivity contribution in [3.63, 3.8) is 0 Å². The summed E-state index contributed by atoms with van der Waals surface area (Å²) in [7, 11) is 4.19. The number of hydrogen-bond acceptors (Lipinski definition) is 3. The second-order valence-corrected chi connectivity index (χ2v) is 5.78. The van der Waals surface area contributed by atoms with Crippen LogP contribution in [0.2, 0.25) is 0 Å². The first kappa shape index (κ1) is 15.9. The van der Waals surface area contributed by atoms with Crippen molar-refractivity contribution in [1.29, 1.82) is 0 Å². The number of rotatable bonds is 8. The lowest BCUT2D eigenvalue weighted by Crippen LogP contribution is -2.41. The Labute approximate surface area is 116 Å². The van der Waals surface area contributed by atoms with Crippen molar-refractivity contribution in [3.05, 3.63) is 34.7 Å². The average molecular weight is 265 g/mol. The molecule has 19 heavy (non-hydrogen) atoms. The fourth-order valence-corrected chi connectivity index (χ4v) is 2.27. The van der Waals surface area contributed by atoms with Crippen LogP contribution in [0.5, 0.6) is 0 Å². The summed E-state index contributed by atoms with van der Waals surface area (Å²) < 4.78 is 1.75. The smallest absolute Gasteiger partial charge is 0.250 e. The number of pyridine rings is 1. The van der Waals surface area contributed by atoms with Gasteiger partial charge < -0.3 is 14.8 Å². The minimum absolute atomic E-state index is 0.0670. The van der Waals surface area contributed by atoms with Crippen molar-refractivity contribution in [2.24, 2.45) is 5.92 Å². The Morgan fingerprint density at radius 1 is 1.32 bits per heavy atom. The number of hydrogen-bond donors (Lipinski definition) is 1. The summed E-state index contributed by atoms with van der Waals surface area (Å²) in [5, 5.41) is 3.56. The summed E-state index contributed by atoms with van der Waals surface area (Å²) in [5.41, 5.74) is 0.0670. The van der Waals surface area contributed by atoms with E-state index in [1.54, 1.807) is 16.7 Å². The zero-order valence-electron chi connectivity index (χ0n) is 12.6. The van der Waals surface area contributed by atoms with Crippen molar-refractivity contribution >= 4 is 0 Å². The van der Waals surface area contributed by atoms with E-state index in [0.717, 1.165) is 26.1 Å². The van der Waals surface area contributed by atoms with Crippen LogP contribution in [0, 0.1) is 5.92 Å². The van der Waals surface area contributed by atoms with Gasteiger partial charge in [-0.05, 0) is 32.5 Å². The van der Waals surface area contributed by atoms with Crippen molar-refractivity contribution < 1.29 is 0 Å². The molecule has 1 unspecified atom stereocenters. The molecule has 0 bridgehead atoms. The lowest BCUT2D eigenvalue weighted by atomic mass is 10.0. The van der Waals surface area contributed by atoms with E-state index in [-0.39, 0.29) is 5.56 Å². The van der Waals surface area contributed by atoms with E-state index in [1.807, 2.05) is 12.3 Å². The second-order valence-electron chi connectivity index (χ2n) is 5.78. The Morgan fingerprint density at radius 3 is 2.63 bits per heavy atom. The largest absolute Gasteiger partial charge is 0.314 e. The maximum Gasteiger partial charge on any atom is 0.250 e. The summed E-state index contributed by atoms with van der Waals surface area (Å²) >= 11 is 0. The summed E-state index contributed by atoms with van der Waals surface area (Å²) in [5.74, 6) is 0.678. The van der Waals surface area contributed by atoms with Gasteiger partial charge in [-0.2, -0.15) is 0 Å². The molecule has 0 amide bonds. The highest BCUT2D eigenvalue weighted by Gasteiger charge is 2.11. The van der Waals surface area contributed by atoms with Crippen molar-refractivity contribution in [2.75, 3.05) is 27.2 Å². The van der Waals surface area contributed by atoms with Crippen LogP contribution in [-0.4, -0.2) is 42.7 Å². The molecule has 108 valence electrons. The van der Waals surface area contributed by atoms with Crippen LogP contribution in [0.15, 0.2) is 29.2 Å². The summed E-state index contributed by atoms with van der Waals surface area (Å²) in [4.78, 5) is 13.8. The Balaban J connectivity index is 2.43. The highest BCUT2D eigenvalue weighted by molar-refractivity contribution is 4.93. The minimum atomic E-state index is 0.0670. The van der Waals surface area contributed by atoms with Crippen LogP contribution in [-0.2, 0) is 6.54 Å². The highest BCUT2D eigenvalue weighted by Crippen LogP contribution is 2.05. The van der Waals surface area contributed by atoms with E-state index < -0.39 is 0 Å². The van der Waals surface area contributed by atoms with Gasteiger partial charge in [0, 0.05) is 37.9 Å². The number of likely N-dealkylation sites (N-methyl/N-ethyl adjacent to an activating group) is 1. The Kier molecular flexibility index (Phi) is 6.81. The first-order chi connectivity index (χ1) is 8.99. The molecule has 0 radical (unpaired) electrons. The molecule has 0 saturated carbocycles. The van der Waals surface area contributed by atoms with E-state index >= 15 is 0 Å². The maximum atomic E-state index is 11.6. The van der Waals surface area contributed by atoms with Crippen LogP contribution >= 0.6 is 0 Å². The molecule has 0 aliphatic rings. The summed E-state index contributed by atoms with van der Waals surface area (Å²) in [6.07, 6.45) is 3.00. The van der Waals surface area contributed by atoms with Gasteiger partial charge in [0.1, 0.15) is 0 Å². The normalized spacial score (nSPS) is 13.2. The molecule has 1 atom stereocenters. The quantitative estimate of drug-likeness (QED) is 0.772. The van der Waals surface area contributed by atoms with Crippen molar-refractivity contribution in [2.45, 2.75) is 32.9 Å². The number of aromatic nitrogens is 1. The zero-order valence-corrected chi connectivity index (χ0v) is 12.6. The standard InChI is InChI=1S/C15H27N3O/c1-13(2)11-14(12-17(3)4)16-8-10-18-9-6-5-7-15(18)19/h5-7,9,13-14,16H,8,10-12H2,1-4H3. The van der Waals surface area contributed by atoms with Crippen LogP contribution in [0.25, 0.3) is 0 Å². The molecule has 1 aromatic rings. The molecular formula is C15H27N3O. The van der Waals surface area contributed by atoms with Gasteiger partial charge in [-0.3, -0.25) is 4.79 Å². The molecule has 0 spiro atoms. The second kappa shape index (κ2) is 8.12. The number of nitrogens with one attached hydrogen (secondary N) is 1. The van der Waals surface area contributed by atoms with E-state index in [9.17, 15) is 4.79 Å². The topological polar surface area (TPSA) is 37.3 Å². The molecular weight excluding hydrogens is 238 g/mol. The fraction of sp³-hybridized carbons (Fsp3) is 0.667. The van der Waals surface area contributed by atoms with Gasteiger partial charge in [0.15, 0.2) is 0 Å². The van der Waals surface area contributed by atoms with Gasteiger partial charge in [0.05, 0.1) is 0 Å². The Bertz CT molecular complexity index is 402. The molecule has 0 fully saturated rings. The van der Waals surface area contributed by atoms with Crippen LogP contribution in [0.3, 0.4) is 0 Å².